The number of nitrogens with two attached hydrogens (primary N) is 1. The molecule has 0 radical (unpaired) electrons. The van der Waals surface area contributed by atoms with E-state index in [4.69, 9.17) is 10.5 Å². The summed E-state index contributed by atoms with van der Waals surface area (Å²) in [5.41, 5.74) is 5.66. The molecule has 0 aliphatic carbocycles. The van der Waals surface area contributed by atoms with Gasteiger partial charge < -0.3 is 15.4 Å². The van der Waals surface area contributed by atoms with Crippen LogP contribution in [0, 0.1) is 0 Å². The summed E-state index contributed by atoms with van der Waals surface area (Å²) in [4.78, 5) is 24.1. The molecule has 0 rings (SSSR count). The quantitative estimate of drug-likeness (QED) is 0.500. The van der Waals surface area contributed by atoms with Crippen molar-refractivity contribution in [1.82, 2.24) is 4.90 Å². The Kier molecular flexibility index (Phi) is 9.77. The largest absolute Gasteiger partial charge is 0.465 e. The molecule has 2 N–H and O–H groups in total. The summed E-state index contributed by atoms with van der Waals surface area (Å²) in [5.74, 6) is 1.55. The van der Waals surface area contributed by atoms with E-state index >= 15 is 0 Å². The number of ether oxygens (including phenoxy) is 1. The van der Waals surface area contributed by atoms with Crippen LogP contribution in [-0.4, -0.2) is 55.0 Å². The van der Waals surface area contributed by atoms with Gasteiger partial charge in [0.25, 0.3) is 0 Å². The molecule has 0 aliphatic heterocycles. The van der Waals surface area contributed by atoms with Crippen molar-refractivity contribution in [2.45, 2.75) is 32.2 Å². The standard InChI is InChI=1S/C12H24N2O3S/c1-4-17-12(16)10(13)7-9-18-8-5-6-11(15)14(2)3/h10H,4-9,13H2,1-3H3. The molecule has 0 aliphatic rings. The number of thioether (sulfide) groups is 1. The summed E-state index contributed by atoms with van der Waals surface area (Å²) in [6.45, 7) is 2.13. The maximum atomic E-state index is 11.3. The third-order valence-electron chi connectivity index (χ3n) is 2.34. The van der Waals surface area contributed by atoms with Gasteiger partial charge in [0.2, 0.25) is 5.91 Å². The van der Waals surface area contributed by atoms with Crippen LogP contribution in [0.15, 0.2) is 0 Å². The molecular formula is C12H24N2O3S. The second-order valence-corrected chi connectivity index (χ2v) is 5.38. The highest BCUT2D eigenvalue weighted by atomic mass is 32.2. The van der Waals surface area contributed by atoms with Gasteiger partial charge in [0.1, 0.15) is 6.04 Å². The molecule has 106 valence electrons. The van der Waals surface area contributed by atoms with E-state index in [1.54, 1.807) is 37.7 Å². The van der Waals surface area contributed by atoms with E-state index in [0.717, 1.165) is 17.9 Å². The highest BCUT2D eigenvalue weighted by molar-refractivity contribution is 7.99. The van der Waals surface area contributed by atoms with Crippen LogP contribution < -0.4 is 5.73 Å². The second kappa shape index (κ2) is 10.2. The molecular weight excluding hydrogens is 252 g/mol. The number of esters is 1. The van der Waals surface area contributed by atoms with Crippen molar-refractivity contribution in [3.05, 3.63) is 0 Å². The summed E-state index contributed by atoms with van der Waals surface area (Å²) in [7, 11) is 3.52. The highest BCUT2D eigenvalue weighted by Gasteiger charge is 2.13. The van der Waals surface area contributed by atoms with Gasteiger partial charge in [0.15, 0.2) is 0 Å². The Balaban J connectivity index is 3.45. The van der Waals surface area contributed by atoms with Crippen molar-refractivity contribution in [3.63, 3.8) is 0 Å². The molecule has 0 spiro atoms. The lowest BCUT2D eigenvalue weighted by Gasteiger charge is -2.11. The molecule has 1 amide bonds. The van der Waals surface area contributed by atoms with Crippen molar-refractivity contribution in [3.8, 4) is 0 Å². The number of carbonyl (C=O) groups excluding carboxylic acids is 2. The van der Waals surface area contributed by atoms with Crippen molar-refractivity contribution in [2.75, 3.05) is 32.2 Å². The molecule has 0 fully saturated rings. The minimum Gasteiger partial charge on any atom is -0.465 e. The Bertz CT molecular complexity index is 260. The predicted molar refractivity (Wildman–Crippen MR) is 74.5 cm³/mol. The first-order valence-corrected chi connectivity index (χ1v) is 7.34. The number of amides is 1. The van der Waals surface area contributed by atoms with Crippen LogP contribution in [0.2, 0.25) is 0 Å². The van der Waals surface area contributed by atoms with Gasteiger partial charge in [0.05, 0.1) is 6.61 Å². The highest BCUT2D eigenvalue weighted by Crippen LogP contribution is 2.08. The first kappa shape index (κ1) is 17.2. The lowest BCUT2D eigenvalue weighted by atomic mass is 10.2. The molecule has 1 atom stereocenters. The summed E-state index contributed by atoms with van der Waals surface area (Å²) < 4.78 is 4.82. The zero-order valence-electron chi connectivity index (χ0n) is 11.5. The molecule has 0 aromatic heterocycles. The smallest absolute Gasteiger partial charge is 0.322 e. The fraction of sp³-hybridized carbons (Fsp3) is 0.833. The number of carbonyl (C=O) groups is 2. The Morgan fingerprint density at radius 3 is 2.56 bits per heavy atom. The van der Waals surface area contributed by atoms with Crippen LogP contribution in [0.25, 0.3) is 0 Å². The number of nitrogens with zero attached hydrogens (tertiary/aromatic N) is 1. The summed E-state index contributed by atoms with van der Waals surface area (Å²) in [6, 6.07) is -0.527. The van der Waals surface area contributed by atoms with Gasteiger partial charge >= 0.3 is 5.97 Å². The van der Waals surface area contributed by atoms with Gasteiger partial charge in [-0.1, -0.05) is 0 Å². The van der Waals surface area contributed by atoms with E-state index in [9.17, 15) is 9.59 Å². The third-order valence-corrected chi connectivity index (χ3v) is 3.44. The van der Waals surface area contributed by atoms with E-state index in [-0.39, 0.29) is 11.9 Å². The zero-order chi connectivity index (χ0) is 14.0. The van der Waals surface area contributed by atoms with Crippen molar-refractivity contribution < 1.29 is 14.3 Å². The van der Waals surface area contributed by atoms with Gasteiger partial charge in [-0.05, 0) is 31.3 Å². The van der Waals surface area contributed by atoms with Crippen LogP contribution in [-0.2, 0) is 14.3 Å². The second-order valence-electron chi connectivity index (χ2n) is 4.15. The average molecular weight is 276 g/mol. The van der Waals surface area contributed by atoms with E-state index in [2.05, 4.69) is 0 Å². The van der Waals surface area contributed by atoms with E-state index in [0.29, 0.717) is 19.4 Å². The van der Waals surface area contributed by atoms with E-state index in [1.807, 2.05) is 0 Å². The molecule has 0 heterocycles. The fourth-order valence-electron chi connectivity index (χ4n) is 1.23. The van der Waals surface area contributed by atoms with Crippen molar-refractivity contribution in [1.29, 1.82) is 0 Å². The molecule has 6 heteroatoms. The topological polar surface area (TPSA) is 72.6 Å². The lowest BCUT2D eigenvalue weighted by molar-refractivity contribution is -0.144. The molecule has 0 aromatic rings. The Morgan fingerprint density at radius 2 is 2.00 bits per heavy atom. The number of hydrogen-bond acceptors (Lipinski definition) is 5. The molecule has 0 saturated carbocycles. The maximum Gasteiger partial charge on any atom is 0.322 e. The molecule has 0 saturated heterocycles. The van der Waals surface area contributed by atoms with Crippen LogP contribution in [0.5, 0.6) is 0 Å². The first-order chi connectivity index (χ1) is 8.49. The minimum atomic E-state index is -0.527. The fourth-order valence-corrected chi connectivity index (χ4v) is 2.20. The SMILES string of the molecule is CCOC(=O)C(N)CCSCCCC(=O)N(C)C. The third kappa shape index (κ3) is 8.36. The van der Waals surface area contributed by atoms with Gasteiger partial charge in [-0.2, -0.15) is 11.8 Å². The van der Waals surface area contributed by atoms with Gasteiger partial charge in [0, 0.05) is 20.5 Å². The van der Waals surface area contributed by atoms with Crippen LogP contribution in [0.3, 0.4) is 0 Å². The Labute approximate surface area is 113 Å². The van der Waals surface area contributed by atoms with Crippen molar-refractivity contribution in [2.24, 2.45) is 5.73 Å². The summed E-state index contributed by atoms with van der Waals surface area (Å²) in [6.07, 6.45) is 2.05. The van der Waals surface area contributed by atoms with Gasteiger partial charge in [-0.15, -0.1) is 0 Å². The van der Waals surface area contributed by atoms with Crippen LogP contribution in [0.4, 0.5) is 0 Å². The first-order valence-electron chi connectivity index (χ1n) is 6.19. The van der Waals surface area contributed by atoms with E-state index in [1.165, 1.54) is 0 Å². The molecule has 18 heavy (non-hydrogen) atoms. The summed E-state index contributed by atoms with van der Waals surface area (Å²) in [5, 5.41) is 0. The zero-order valence-corrected chi connectivity index (χ0v) is 12.3. The maximum absolute atomic E-state index is 11.3. The molecule has 0 aromatic carbocycles. The number of hydrogen-bond donors (Lipinski definition) is 1. The predicted octanol–water partition coefficient (Wildman–Crippen LogP) is 0.869. The van der Waals surface area contributed by atoms with Crippen molar-refractivity contribution >= 4 is 23.6 Å². The monoisotopic (exact) mass is 276 g/mol. The van der Waals surface area contributed by atoms with Gasteiger partial charge in [-0.3, -0.25) is 9.59 Å². The van der Waals surface area contributed by atoms with Gasteiger partial charge in [-0.25, -0.2) is 0 Å². The Morgan fingerprint density at radius 1 is 1.33 bits per heavy atom. The minimum absolute atomic E-state index is 0.152. The summed E-state index contributed by atoms with van der Waals surface area (Å²) >= 11 is 1.71. The lowest BCUT2D eigenvalue weighted by Crippen LogP contribution is -2.32. The molecule has 5 nitrogen and oxygen atoms in total. The average Bonchev–Trinajstić information content (AvgIpc) is 2.32. The Hall–Kier alpha value is -0.750. The number of rotatable bonds is 9. The normalized spacial score (nSPS) is 12.0. The van der Waals surface area contributed by atoms with Crippen LogP contribution in [0.1, 0.15) is 26.2 Å². The van der Waals surface area contributed by atoms with E-state index < -0.39 is 6.04 Å². The molecule has 1 unspecified atom stereocenters. The van der Waals surface area contributed by atoms with Crippen LogP contribution >= 0.6 is 11.8 Å². The molecule has 0 bridgehead atoms.